The van der Waals surface area contributed by atoms with E-state index in [0.29, 0.717) is 43.3 Å². The summed E-state index contributed by atoms with van der Waals surface area (Å²) >= 11 is 0. The molecule has 1 aliphatic rings. The van der Waals surface area contributed by atoms with Crippen LogP contribution in [-0.2, 0) is 4.74 Å². The minimum atomic E-state index is -0.741. The van der Waals surface area contributed by atoms with E-state index in [1.165, 1.54) is 49.3 Å². The molecule has 0 bridgehead atoms. The number of carbonyl (C=O) groups excluding carboxylic acids is 2. The molecule has 1 fully saturated rings. The number of benzene rings is 1. The lowest BCUT2D eigenvalue weighted by atomic mass is 10.1. The fourth-order valence-electron chi connectivity index (χ4n) is 4.88. The molecule has 0 unspecified atom stereocenters. The Morgan fingerprint density at radius 2 is 1.47 bits per heavy atom. The molecule has 0 radical (unpaired) electrons. The summed E-state index contributed by atoms with van der Waals surface area (Å²) in [6.45, 7) is 8.10. The average molecular weight is 529 g/mol. The molecule has 38 heavy (non-hydrogen) atoms. The highest BCUT2D eigenvalue weighted by molar-refractivity contribution is 5.98. The summed E-state index contributed by atoms with van der Waals surface area (Å²) in [6.07, 6.45) is 13.8. The number of carbonyl (C=O) groups is 2. The maximum Gasteiger partial charge on any atom is 0.343 e. The molecule has 1 amide bonds. The first-order valence-electron chi connectivity index (χ1n) is 14.5. The van der Waals surface area contributed by atoms with Crippen molar-refractivity contribution in [3.8, 4) is 11.5 Å². The summed E-state index contributed by atoms with van der Waals surface area (Å²) in [5.41, 5.74) is -0.259. The number of fused-ring (bicyclic) bond motifs is 1. The fourth-order valence-corrected chi connectivity index (χ4v) is 4.88. The van der Waals surface area contributed by atoms with Crippen LogP contribution in [0.3, 0.4) is 0 Å². The topological polar surface area (TPSA) is 87.1 Å². The molecule has 0 atom stereocenters. The van der Waals surface area contributed by atoms with E-state index in [-0.39, 0.29) is 23.6 Å². The van der Waals surface area contributed by atoms with E-state index < -0.39 is 11.4 Å². The van der Waals surface area contributed by atoms with E-state index in [1.54, 1.807) is 24.0 Å². The first kappa shape index (κ1) is 29.5. The number of piperidine rings is 1. The Hall–Kier alpha value is -3.03. The number of amides is 1. The Labute approximate surface area is 226 Å². The Balaban J connectivity index is 1.89. The number of esters is 1. The predicted molar refractivity (Wildman–Crippen MR) is 150 cm³/mol. The first-order chi connectivity index (χ1) is 18.5. The molecule has 0 aliphatic carbocycles. The highest BCUT2D eigenvalue weighted by Crippen LogP contribution is 2.32. The van der Waals surface area contributed by atoms with Gasteiger partial charge in [-0.3, -0.25) is 9.36 Å². The molecule has 8 nitrogen and oxygen atoms in total. The summed E-state index contributed by atoms with van der Waals surface area (Å²) in [4.78, 5) is 41.3. The van der Waals surface area contributed by atoms with Gasteiger partial charge in [-0.2, -0.15) is 0 Å². The number of ether oxygens (including phenoxy) is 3. The molecule has 210 valence electrons. The van der Waals surface area contributed by atoms with Crippen molar-refractivity contribution in [3.63, 3.8) is 0 Å². The second-order valence-corrected chi connectivity index (χ2v) is 9.87. The van der Waals surface area contributed by atoms with Gasteiger partial charge in [0.25, 0.3) is 0 Å². The highest BCUT2D eigenvalue weighted by Gasteiger charge is 2.25. The van der Waals surface area contributed by atoms with Crippen LogP contribution in [0.25, 0.3) is 10.9 Å². The zero-order valence-corrected chi connectivity index (χ0v) is 23.4. The van der Waals surface area contributed by atoms with Crippen LogP contribution in [0, 0.1) is 0 Å². The van der Waals surface area contributed by atoms with Crippen molar-refractivity contribution in [3.05, 3.63) is 34.1 Å². The number of hydrogen-bond acceptors (Lipinski definition) is 6. The summed E-state index contributed by atoms with van der Waals surface area (Å²) in [7, 11) is 0. The number of pyridine rings is 1. The zero-order valence-electron chi connectivity index (χ0n) is 23.4. The van der Waals surface area contributed by atoms with Crippen LogP contribution in [0.5, 0.6) is 11.5 Å². The van der Waals surface area contributed by atoms with E-state index >= 15 is 0 Å². The predicted octanol–water partition coefficient (Wildman–Crippen LogP) is 6.55. The monoisotopic (exact) mass is 528 g/mol. The molecule has 0 spiro atoms. The molecule has 0 N–H and O–H groups in total. The number of hydrogen-bond donors (Lipinski definition) is 0. The molecule has 8 heteroatoms. The molecule has 1 aromatic carbocycles. The van der Waals surface area contributed by atoms with Crippen molar-refractivity contribution in [2.24, 2.45) is 0 Å². The summed E-state index contributed by atoms with van der Waals surface area (Å²) in [6, 6.07) is 3.02. The third-order valence-electron chi connectivity index (χ3n) is 6.95. The number of nitrogens with zero attached hydrogens (tertiary/aromatic N) is 2. The van der Waals surface area contributed by atoms with Gasteiger partial charge in [0, 0.05) is 25.4 Å². The number of aromatic nitrogens is 1. The quantitative estimate of drug-likeness (QED) is 0.204. The van der Waals surface area contributed by atoms with Gasteiger partial charge >= 0.3 is 12.0 Å². The lowest BCUT2D eigenvalue weighted by Crippen LogP contribution is -2.39. The fraction of sp³-hybridized carbons (Fsp3) is 0.633. The zero-order chi connectivity index (χ0) is 27.3. The maximum atomic E-state index is 13.5. The molecule has 0 saturated carbocycles. The third kappa shape index (κ3) is 7.74. The molecule has 1 aromatic heterocycles. The Bertz CT molecular complexity index is 1120. The van der Waals surface area contributed by atoms with Crippen molar-refractivity contribution in [1.29, 1.82) is 0 Å². The van der Waals surface area contributed by atoms with E-state index in [4.69, 9.17) is 14.2 Å². The van der Waals surface area contributed by atoms with Crippen LogP contribution in [0.1, 0.15) is 102 Å². The van der Waals surface area contributed by atoms with Gasteiger partial charge in [0.15, 0.2) is 11.5 Å². The van der Waals surface area contributed by atoms with E-state index in [1.807, 2.05) is 6.92 Å². The number of likely N-dealkylation sites (tertiary alicyclic amines) is 1. The van der Waals surface area contributed by atoms with Gasteiger partial charge in [-0.05, 0) is 45.6 Å². The Morgan fingerprint density at radius 1 is 0.816 bits per heavy atom. The summed E-state index contributed by atoms with van der Waals surface area (Å²) in [5.74, 6) is 0.176. The third-order valence-corrected chi connectivity index (χ3v) is 6.95. The minimum absolute atomic E-state index is 0.132. The largest absolute Gasteiger partial charge is 0.490 e. The van der Waals surface area contributed by atoms with Gasteiger partial charge in [-0.25, -0.2) is 9.59 Å². The minimum Gasteiger partial charge on any atom is -0.490 e. The SMILES string of the molecule is CCCCCCCCCCOc1cc2c(=O)c(C(=O)OCC)cn(C(=O)N3CCCCC3)c2cc1OCC. The average Bonchev–Trinajstić information content (AvgIpc) is 2.93. The molecule has 2 heterocycles. The van der Waals surface area contributed by atoms with Crippen LogP contribution in [0.2, 0.25) is 0 Å². The van der Waals surface area contributed by atoms with Gasteiger partial charge in [0.05, 0.1) is 30.7 Å². The van der Waals surface area contributed by atoms with Crippen molar-refractivity contribution < 1.29 is 23.8 Å². The van der Waals surface area contributed by atoms with E-state index in [0.717, 1.165) is 32.1 Å². The molecular formula is C30H44N2O6. The molecule has 3 rings (SSSR count). The molecule has 1 saturated heterocycles. The standard InChI is InChI=1S/C30H44N2O6/c1-4-7-8-9-10-11-12-16-19-38-26-20-23-25(21-27(26)36-5-2)32(30(35)31-17-14-13-15-18-31)22-24(28(23)33)29(34)37-6-3/h20-22H,4-19H2,1-3H3. The second kappa shape index (κ2) is 15.4. The van der Waals surface area contributed by atoms with E-state index in [2.05, 4.69) is 6.92 Å². The Morgan fingerprint density at radius 3 is 2.13 bits per heavy atom. The second-order valence-electron chi connectivity index (χ2n) is 9.87. The van der Waals surface area contributed by atoms with Crippen molar-refractivity contribution in [2.45, 2.75) is 91.4 Å². The van der Waals surface area contributed by atoms with Gasteiger partial charge in [0.2, 0.25) is 5.43 Å². The van der Waals surface area contributed by atoms with Gasteiger partial charge < -0.3 is 19.1 Å². The maximum absolute atomic E-state index is 13.5. The van der Waals surface area contributed by atoms with Crippen LogP contribution in [0.4, 0.5) is 4.79 Å². The lowest BCUT2D eigenvalue weighted by Gasteiger charge is -2.28. The Kier molecular flexibility index (Phi) is 12.0. The van der Waals surface area contributed by atoms with Crippen LogP contribution in [0.15, 0.2) is 23.1 Å². The van der Waals surface area contributed by atoms with Gasteiger partial charge in [0.1, 0.15) is 5.56 Å². The number of rotatable bonds is 14. The molecular weight excluding hydrogens is 484 g/mol. The van der Waals surface area contributed by atoms with Crippen LogP contribution in [-0.4, -0.2) is 54.4 Å². The van der Waals surface area contributed by atoms with Crippen LogP contribution < -0.4 is 14.9 Å². The summed E-state index contributed by atoms with van der Waals surface area (Å²) < 4.78 is 18.5. The summed E-state index contributed by atoms with van der Waals surface area (Å²) in [5, 5.41) is 0.232. The highest BCUT2D eigenvalue weighted by atomic mass is 16.5. The van der Waals surface area contributed by atoms with Gasteiger partial charge in [-0.15, -0.1) is 0 Å². The van der Waals surface area contributed by atoms with Crippen molar-refractivity contribution >= 4 is 22.9 Å². The smallest absolute Gasteiger partial charge is 0.343 e. The van der Waals surface area contributed by atoms with Crippen molar-refractivity contribution in [1.82, 2.24) is 9.47 Å². The number of unbranched alkanes of at least 4 members (excludes halogenated alkanes) is 7. The van der Waals surface area contributed by atoms with Crippen LogP contribution >= 0.6 is 0 Å². The first-order valence-corrected chi connectivity index (χ1v) is 14.5. The lowest BCUT2D eigenvalue weighted by molar-refractivity contribution is 0.0524. The van der Waals surface area contributed by atoms with Crippen molar-refractivity contribution in [2.75, 3.05) is 32.9 Å². The normalized spacial score (nSPS) is 13.5. The van der Waals surface area contributed by atoms with Gasteiger partial charge in [-0.1, -0.05) is 51.9 Å². The van der Waals surface area contributed by atoms with E-state index in [9.17, 15) is 14.4 Å². The molecule has 1 aliphatic heterocycles. The molecule has 2 aromatic rings.